The predicted molar refractivity (Wildman–Crippen MR) is 130 cm³/mol. The molecule has 2 aliphatic heterocycles. The van der Waals surface area contributed by atoms with Crippen LogP contribution in [0.1, 0.15) is 53.4 Å². The molecule has 31 heavy (non-hydrogen) atoms. The molecular formula is C24H38N4O2S. The molecule has 2 saturated heterocycles. The van der Waals surface area contributed by atoms with E-state index >= 15 is 0 Å². The molecule has 2 heterocycles. The fourth-order valence-electron chi connectivity index (χ4n) is 4.51. The Bertz CT molecular complexity index is 761. The van der Waals surface area contributed by atoms with Gasteiger partial charge in [-0.25, -0.2) is 0 Å². The fourth-order valence-corrected chi connectivity index (χ4v) is 4.81. The van der Waals surface area contributed by atoms with Crippen molar-refractivity contribution in [2.75, 3.05) is 32.1 Å². The van der Waals surface area contributed by atoms with E-state index in [0.717, 1.165) is 61.9 Å². The summed E-state index contributed by atoms with van der Waals surface area (Å²) in [5.41, 5.74) is 0.705. The lowest BCUT2D eigenvalue weighted by Crippen LogP contribution is -2.60. The van der Waals surface area contributed by atoms with Gasteiger partial charge in [0.25, 0.3) is 0 Å². The van der Waals surface area contributed by atoms with Crippen LogP contribution in [-0.2, 0) is 4.79 Å². The smallest absolute Gasteiger partial charge is 0.241 e. The molecule has 0 saturated carbocycles. The summed E-state index contributed by atoms with van der Waals surface area (Å²) in [5, 5.41) is 7.85. The second-order valence-corrected chi connectivity index (χ2v) is 9.53. The van der Waals surface area contributed by atoms with Crippen molar-refractivity contribution in [2.24, 2.45) is 11.8 Å². The number of piperidine rings is 1. The Morgan fingerprint density at radius 3 is 2.42 bits per heavy atom. The Morgan fingerprint density at radius 1 is 1.23 bits per heavy atom. The van der Waals surface area contributed by atoms with E-state index in [1.807, 2.05) is 24.3 Å². The summed E-state index contributed by atoms with van der Waals surface area (Å²) >= 11 is 5.69. The number of methoxy groups -OCH3 is 1. The molecule has 1 spiro atoms. The van der Waals surface area contributed by atoms with Crippen LogP contribution in [0.2, 0.25) is 0 Å². The molecule has 0 unspecified atom stereocenters. The van der Waals surface area contributed by atoms with Gasteiger partial charge in [-0.15, -0.1) is 0 Å². The number of nitrogens with zero attached hydrogens (tertiary/aromatic N) is 2. The number of hydrogen-bond donors (Lipinski definition) is 2. The minimum Gasteiger partial charge on any atom is -0.497 e. The molecule has 1 amide bonds. The fraction of sp³-hybridized carbons (Fsp3) is 0.667. The first-order chi connectivity index (χ1) is 14.8. The van der Waals surface area contributed by atoms with E-state index in [0.29, 0.717) is 11.8 Å². The second kappa shape index (κ2) is 10.2. The number of thiocarbonyl (C=S) groups is 1. The lowest BCUT2D eigenvalue weighted by Gasteiger charge is -2.46. The van der Waals surface area contributed by atoms with Gasteiger partial charge in [0.05, 0.1) is 18.8 Å². The molecule has 0 aliphatic carbocycles. The molecule has 1 aromatic carbocycles. The molecule has 2 aliphatic rings. The normalized spacial score (nSPS) is 22.5. The number of amides is 1. The van der Waals surface area contributed by atoms with Crippen molar-refractivity contribution in [1.29, 1.82) is 0 Å². The standard InChI is InChI=1S/C24H38N4O2S/c1-6-17(3)16-28-22(29)21(18(4)7-2)26-24(28)12-14-27(15-13-24)23(31)25-19-8-10-20(30-5)11-9-19/h8-11,17-18,21,26H,6-7,12-16H2,1-5H3,(H,25,31)/t17-,18-,21-/m0/s1. The summed E-state index contributed by atoms with van der Waals surface area (Å²) in [5.74, 6) is 1.93. The van der Waals surface area contributed by atoms with E-state index in [1.165, 1.54) is 0 Å². The van der Waals surface area contributed by atoms with Crippen molar-refractivity contribution in [3.63, 3.8) is 0 Å². The molecular weight excluding hydrogens is 408 g/mol. The van der Waals surface area contributed by atoms with Crippen LogP contribution < -0.4 is 15.4 Å². The summed E-state index contributed by atoms with van der Waals surface area (Å²) in [7, 11) is 1.66. The molecule has 2 N–H and O–H groups in total. The monoisotopic (exact) mass is 446 g/mol. The number of carbonyl (C=O) groups excluding carboxylic acids is 1. The largest absolute Gasteiger partial charge is 0.497 e. The Hall–Kier alpha value is -1.86. The van der Waals surface area contributed by atoms with Crippen LogP contribution in [0.3, 0.4) is 0 Å². The van der Waals surface area contributed by atoms with Crippen LogP contribution in [0.15, 0.2) is 24.3 Å². The lowest BCUT2D eigenvalue weighted by atomic mass is 9.94. The Morgan fingerprint density at radius 2 is 1.87 bits per heavy atom. The second-order valence-electron chi connectivity index (χ2n) is 9.15. The third-order valence-corrected chi connectivity index (χ3v) is 7.46. The third kappa shape index (κ3) is 5.14. The molecule has 172 valence electrons. The van der Waals surface area contributed by atoms with Crippen LogP contribution in [0.25, 0.3) is 0 Å². The maximum absolute atomic E-state index is 13.3. The number of ether oxygens (including phenoxy) is 1. The van der Waals surface area contributed by atoms with Crippen molar-refractivity contribution in [1.82, 2.24) is 15.1 Å². The lowest BCUT2D eigenvalue weighted by molar-refractivity contribution is -0.134. The summed E-state index contributed by atoms with van der Waals surface area (Å²) < 4.78 is 5.22. The Kier molecular flexibility index (Phi) is 7.81. The van der Waals surface area contributed by atoms with Gasteiger partial charge in [-0.3, -0.25) is 10.1 Å². The van der Waals surface area contributed by atoms with Crippen LogP contribution in [0.5, 0.6) is 5.75 Å². The zero-order chi connectivity index (χ0) is 22.6. The third-order valence-electron chi connectivity index (χ3n) is 7.10. The maximum atomic E-state index is 13.3. The Balaban J connectivity index is 1.67. The van der Waals surface area contributed by atoms with E-state index < -0.39 is 0 Å². The van der Waals surface area contributed by atoms with Crippen molar-refractivity contribution in [3.8, 4) is 5.75 Å². The van der Waals surface area contributed by atoms with Gasteiger partial charge in [0.2, 0.25) is 5.91 Å². The van der Waals surface area contributed by atoms with Gasteiger partial charge in [-0.2, -0.15) is 0 Å². The van der Waals surface area contributed by atoms with Crippen molar-refractivity contribution < 1.29 is 9.53 Å². The van der Waals surface area contributed by atoms with Gasteiger partial charge in [0.15, 0.2) is 5.11 Å². The highest BCUT2D eigenvalue weighted by atomic mass is 32.1. The molecule has 1 aromatic rings. The minimum absolute atomic E-state index is 0.0787. The van der Waals surface area contributed by atoms with Crippen molar-refractivity contribution in [3.05, 3.63) is 24.3 Å². The highest BCUT2D eigenvalue weighted by Gasteiger charge is 2.52. The van der Waals surface area contributed by atoms with E-state index in [4.69, 9.17) is 17.0 Å². The van der Waals surface area contributed by atoms with Gasteiger partial charge >= 0.3 is 0 Å². The van der Waals surface area contributed by atoms with E-state index in [-0.39, 0.29) is 17.6 Å². The first-order valence-corrected chi connectivity index (χ1v) is 12.0. The van der Waals surface area contributed by atoms with Crippen LogP contribution >= 0.6 is 12.2 Å². The average Bonchev–Trinajstić information content (AvgIpc) is 3.05. The van der Waals surface area contributed by atoms with Crippen LogP contribution in [0.4, 0.5) is 5.69 Å². The predicted octanol–water partition coefficient (Wildman–Crippen LogP) is 4.08. The van der Waals surface area contributed by atoms with Crippen LogP contribution in [0, 0.1) is 11.8 Å². The highest BCUT2D eigenvalue weighted by molar-refractivity contribution is 7.80. The first-order valence-electron chi connectivity index (χ1n) is 11.6. The Labute approximate surface area is 192 Å². The van der Waals surface area contributed by atoms with Crippen molar-refractivity contribution in [2.45, 2.75) is 65.1 Å². The van der Waals surface area contributed by atoms with Crippen LogP contribution in [-0.4, -0.2) is 59.3 Å². The summed E-state index contributed by atoms with van der Waals surface area (Å²) in [6.45, 7) is 11.3. The highest BCUT2D eigenvalue weighted by Crippen LogP contribution is 2.36. The SMILES string of the molecule is CC[C@H](C)CN1C(=O)[C@H]([C@@H](C)CC)NC12CCN(C(=S)Nc1ccc(OC)cc1)CC2. The zero-order valence-electron chi connectivity index (χ0n) is 19.6. The maximum Gasteiger partial charge on any atom is 0.241 e. The average molecular weight is 447 g/mol. The number of hydrogen-bond acceptors (Lipinski definition) is 4. The van der Waals surface area contributed by atoms with E-state index in [1.54, 1.807) is 7.11 Å². The number of rotatable bonds is 7. The summed E-state index contributed by atoms with van der Waals surface area (Å²) in [6, 6.07) is 7.71. The van der Waals surface area contributed by atoms with Crippen molar-refractivity contribution >= 4 is 28.9 Å². The van der Waals surface area contributed by atoms with Gasteiger partial charge in [0.1, 0.15) is 5.75 Å². The van der Waals surface area contributed by atoms with E-state index in [9.17, 15) is 4.79 Å². The number of benzene rings is 1. The molecule has 6 nitrogen and oxygen atoms in total. The summed E-state index contributed by atoms with van der Waals surface area (Å²) in [6.07, 6.45) is 3.84. The molecule has 0 bridgehead atoms. The van der Waals surface area contributed by atoms with E-state index in [2.05, 4.69) is 48.1 Å². The van der Waals surface area contributed by atoms with Gasteiger partial charge in [-0.1, -0.05) is 40.5 Å². The molecule has 0 radical (unpaired) electrons. The number of anilines is 1. The molecule has 2 fully saturated rings. The summed E-state index contributed by atoms with van der Waals surface area (Å²) in [4.78, 5) is 17.7. The number of nitrogens with one attached hydrogen (secondary N) is 2. The number of likely N-dealkylation sites (tertiary alicyclic amines) is 1. The zero-order valence-corrected chi connectivity index (χ0v) is 20.4. The number of carbonyl (C=O) groups is 1. The minimum atomic E-state index is -0.249. The molecule has 0 aromatic heterocycles. The topological polar surface area (TPSA) is 56.8 Å². The van der Waals surface area contributed by atoms with Gasteiger partial charge in [0, 0.05) is 38.2 Å². The van der Waals surface area contributed by atoms with Gasteiger partial charge < -0.3 is 19.9 Å². The van der Waals surface area contributed by atoms with Gasteiger partial charge in [-0.05, 0) is 48.3 Å². The molecule has 7 heteroatoms. The first kappa shape index (κ1) is 23.8. The quantitative estimate of drug-likeness (QED) is 0.616. The molecule has 3 rings (SSSR count). The molecule has 3 atom stereocenters.